The SMILES string of the molecule is CCOC(O)c1cnn2c1NC(c1ccccc1)CCC2C. The molecule has 5 heteroatoms. The summed E-state index contributed by atoms with van der Waals surface area (Å²) in [5.74, 6) is 0.861. The Bertz CT molecular complexity index is 612. The van der Waals surface area contributed by atoms with E-state index >= 15 is 0 Å². The number of nitrogens with zero attached hydrogens (tertiary/aromatic N) is 2. The van der Waals surface area contributed by atoms with E-state index in [-0.39, 0.29) is 6.04 Å². The molecule has 0 amide bonds. The molecule has 0 spiro atoms. The fourth-order valence-corrected chi connectivity index (χ4v) is 2.99. The molecule has 3 rings (SSSR count). The van der Waals surface area contributed by atoms with Crippen LogP contribution in [0.2, 0.25) is 0 Å². The van der Waals surface area contributed by atoms with E-state index in [0.717, 1.165) is 18.7 Å². The maximum Gasteiger partial charge on any atom is 0.186 e. The van der Waals surface area contributed by atoms with Gasteiger partial charge in [-0.25, -0.2) is 4.68 Å². The zero-order valence-corrected chi connectivity index (χ0v) is 13.1. The Morgan fingerprint density at radius 1 is 1.36 bits per heavy atom. The van der Waals surface area contributed by atoms with E-state index in [0.29, 0.717) is 18.2 Å². The van der Waals surface area contributed by atoms with Gasteiger partial charge in [0.15, 0.2) is 6.29 Å². The molecular formula is C17H23N3O2. The van der Waals surface area contributed by atoms with Crippen LogP contribution in [-0.4, -0.2) is 21.5 Å². The molecule has 2 heterocycles. The fraction of sp³-hybridized carbons (Fsp3) is 0.471. The van der Waals surface area contributed by atoms with E-state index in [1.54, 1.807) is 6.20 Å². The topological polar surface area (TPSA) is 59.3 Å². The van der Waals surface area contributed by atoms with Crippen LogP contribution in [-0.2, 0) is 4.74 Å². The molecule has 0 aliphatic carbocycles. The molecule has 0 bridgehead atoms. The number of nitrogens with one attached hydrogen (secondary N) is 1. The summed E-state index contributed by atoms with van der Waals surface area (Å²) in [6.45, 7) is 4.49. The largest absolute Gasteiger partial charge is 0.364 e. The Balaban J connectivity index is 1.93. The van der Waals surface area contributed by atoms with Crippen molar-refractivity contribution >= 4 is 5.82 Å². The average Bonchev–Trinajstić information content (AvgIpc) is 2.88. The van der Waals surface area contributed by atoms with Crippen LogP contribution >= 0.6 is 0 Å². The molecule has 0 fully saturated rings. The summed E-state index contributed by atoms with van der Waals surface area (Å²) in [4.78, 5) is 0. The lowest BCUT2D eigenvalue weighted by Gasteiger charge is -2.19. The van der Waals surface area contributed by atoms with Crippen molar-refractivity contribution < 1.29 is 9.84 Å². The normalized spacial score (nSPS) is 22.5. The van der Waals surface area contributed by atoms with Crippen molar-refractivity contribution in [3.8, 4) is 0 Å². The Kier molecular flexibility index (Phi) is 4.45. The van der Waals surface area contributed by atoms with Gasteiger partial charge in [0.05, 0.1) is 23.8 Å². The van der Waals surface area contributed by atoms with E-state index in [1.165, 1.54) is 5.56 Å². The van der Waals surface area contributed by atoms with E-state index in [1.807, 2.05) is 17.7 Å². The van der Waals surface area contributed by atoms with Crippen LogP contribution in [0.15, 0.2) is 36.5 Å². The summed E-state index contributed by atoms with van der Waals surface area (Å²) in [7, 11) is 0. The van der Waals surface area contributed by atoms with Crippen molar-refractivity contribution in [3.05, 3.63) is 47.7 Å². The number of aliphatic hydroxyl groups is 1. The first-order chi connectivity index (χ1) is 10.7. The Morgan fingerprint density at radius 3 is 2.86 bits per heavy atom. The standard InChI is InChI=1S/C17H23N3O2/c1-3-22-17(21)14-11-18-20-12(2)9-10-15(19-16(14)20)13-7-5-4-6-8-13/h4-8,11-12,15,17,19,21H,3,9-10H2,1-2H3. The first kappa shape index (κ1) is 15.1. The van der Waals surface area contributed by atoms with Crippen LogP contribution in [0.1, 0.15) is 56.2 Å². The third kappa shape index (κ3) is 2.87. The smallest absolute Gasteiger partial charge is 0.186 e. The molecule has 3 atom stereocenters. The van der Waals surface area contributed by atoms with Gasteiger partial charge in [-0.3, -0.25) is 0 Å². The summed E-state index contributed by atoms with van der Waals surface area (Å²) in [5.41, 5.74) is 1.96. The highest BCUT2D eigenvalue weighted by atomic mass is 16.6. The predicted octanol–water partition coefficient (Wildman–Crippen LogP) is 3.42. The Hall–Kier alpha value is -1.85. The molecule has 1 aromatic heterocycles. The summed E-state index contributed by atoms with van der Waals surface area (Å²) >= 11 is 0. The second kappa shape index (κ2) is 6.50. The highest BCUT2D eigenvalue weighted by molar-refractivity contribution is 5.48. The number of fused-ring (bicyclic) bond motifs is 1. The molecule has 0 saturated heterocycles. The highest BCUT2D eigenvalue weighted by Gasteiger charge is 2.27. The minimum Gasteiger partial charge on any atom is -0.364 e. The predicted molar refractivity (Wildman–Crippen MR) is 85.6 cm³/mol. The minimum atomic E-state index is -0.942. The first-order valence-corrected chi connectivity index (χ1v) is 7.89. The van der Waals surface area contributed by atoms with Gasteiger partial charge in [-0.05, 0) is 32.3 Å². The van der Waals surface area contributed by atoms with E-state index in [2.05, 4.69) is 41.6 Å². The number of anilines is 1. The van der Waals surface area contributed by atoms with Crippen molar-refractivity contribution in [2.45, 2.75) is 45.1 Å². The summed E-state index contributed by atoms with van der Waals surface area (Å²) in [5, 5.41) is 18.2. The minimum absolute atomic E-state index is 0.217. The van der Waals surface area contributed by atoms with Crippen molar-refractivity contribution in [2.75, 3.05) is 11.9 Å². The second-order valence-electron chi connectivity index (χ2n) is 5.73. The molecule has 22 heavy (non-hydrogen) atoms. The number of aliphatic hydroxyl groups excluding tert-OH is 1. The molecule has 2 aromatic rings. The van der Waals surface area contributed by atoms with E-state index < -0.39 is 6.29 Å². The fourth-order valence-electron chi connectivity index (χ4n) is 2.99. The highest BCUT2D eigenvalue weighted by Crippen LogP contribution is 2.36. The monoisotopic (exact) mass is 301 g/mol. The van der Waals surface area contributed by atoms with Crippen molar-refractivity contribution in [2.24, 2.45) is 0 Å². The third-order valence-corrected chi connectivity index (χ3v) is 4.22. The quantitative estimate of drug-likeness (QED) is 0.850. The van der Waals surface area contributed by atoms with Gasteiger partial charge in [0.25, 0.3) is 0 Å². The molecule has 1 aliphatic heterocycles. The van der Waals surface area contributed by atoms with Crippen molar-refractivity contribution in [1.82, 2.24) is 9.78 Å². The van der Waals surface area contributed by atoms with Crippen molar-refractivity contribution in [1.29, 1.82) is 0 Å². The van der Waals surface area contributed by atoms with Gasteiger partial charge in [0.1, 0.15) is 5.82 Å². The van der Waals surface area contributed by atoms with Gasteiger partial charge >= 0.3 is 0 Å². The molecule has 3 unspecified atom stereocenters. The number of rotatable bonds is 4. The van der Waals surface area contributed by atoms with Crippen LogP contribution in [0.5, 0.6) is 0 Å². The summed E-state index contributed by atoms with van der Waals surface area (Å²) in [6.07, 6.45) is 2.82. The zero-order valence-electron chi connectivity index (χ0n) is 13.1. The second-order valence-corrected chi connectivity index (χ2v) is 5.73. The molecule has 118 valence electrons. The van der Waals surface area contributed by atoms with E-state index in [9.17, 15) is 5.11 Å². The number of ether oxygens (including phenoxy) is 1. The lowest BCUT2D eigenvalue weighted by atomic mass is 10.0. The summed E-state index contributed by atoms with van der Waals surface area (Å²) < 4.78 is 7.29. The van der Waals surface area contributed by atoms with Crippen molar-refractivity contribution in [3.63, 3.8) is 0 Å². The van der Waals surface area contributed by atoms with Crippen LogP contribution in [0, 0.1) is 0 Å². The van der Waals surface area contributed by atoms with Gasteiger partial charge in [-0.2, -0.15) is 5.10 Å². The molecule has 0 saturated carbocycles. The maximum atomic E-state index is 10.2. The van der Waals surface area contributed by atoms with Gasteiger partial charge in [-0.1, -0.05) is 30.3 Å². The maximum absolute atomic E-state index is 10.2. The van der Waals surface area contributed by atoms with Crippen LogP contribution in [0.4, 0.5) is 5.82 Å². The molecule has 1 aromatic carbocycles. The van der Waals surface area contributed by atoms with Gasteiger partial charge in [-0.15, -0.1) is 0 Å². The third-order valence-electron chi connectivity index (χ3n) is 4.22. The number of hydrogen-bond donors (Lipinski definition) is 2. The number of benzene rings is 1. The lowest BCUT2D eigenvalue weighted by molar-refractivity contribution is -0.0975. The molecule has 0 radical (unpaired) electrons. The van der Waals surface area contributed by atoms with Crippen LogP contribution < -0.4 is 5.32 Å². The first-order valence-electron chi connectivity index (χ1n) is 7.89. The van der Waals surface area contributed by atoms with Gasteiger partial charge in [0.2, 0.25) is 0 Å². The molecule has 2 N–H and O–H groups in total. The molecular weight excluding hydrogens is 278 g/mol. The molecule has 1 aliphatic rings. The number of aromatic nitrogens is 2. The number of hydrogen-bond acceptors (Lipinski definition) is 4. The lowest BCUT2D eigenvalue weighted by Crippen LogP contribution is -2.13. The van der Waals surface area contributed by atoms with Gasteiger partial charge < -0.3 is 15.2 Å². The zero-order chi connectivity index (χ0) is 15.5. The molecule has 5 nitrogen and oxygen atoms in total. The summed E-state index contributed by atoms with van der Waals surface area (Å²) in [6, 6.07) is 10.9. The van der Waals surface area contributed by atoms with Gasteiger partial charge in [0, 0.05) is 6.61 Å². The Labute approximate surface area is 130 Å². The van der Waals surface area contributed by atoms with Crippen LogP contribution in [0.25, 0.3) is 0 Å². The van der Waals surface area contributed by atoms with E-state index in [4.69, 9.17) is 4.74 Å². The Morgan fingerprint density at radius 2 is 2.14 bits per heavy atom. The van der Waals surface area contributed by atoms with Crippen LogP contribution in [0.3, 0.4) is 0 Å². The average molecular weight is 301 g/mol.